The topological polar surface area (TPSA) is 87.5 Å². The highest BCUT2D eigenvalue weighted by Gasteiger charge is 2.16. The van der Waals surface area contributed by atoms with Crippen LogP contribution in [0.25, 0.3) is 33.5 Å². The molecule has 1 N–H and O–H groups in total. The van der Waals surface area contributed by atoms with Gasteiger partial charge in [-0.05, 0) is 71.6 Å². The smallest absolute Gasteiger partial charge is 0.260 e. The molecule has 5 aromatic rings. The van der Waals surface area contributed by atoms with Crippen LogP contribution >= 0.6 is 11.6 Å². The molecule has 0 saturated carbocycles. The average molecular weight is 470 g/mol. The predicted octanol–water partition coefficient (Wildman–Crippen LogP) is 6.77. The molecular formula is C26H17ClFN5O. The first-order valence-electron chi connectivity index (χ1n) is 10.4. The number of rotatable bonds is 4. The maximum atomic E-state index is 14.3. The lowest BCUT2D eigenvalue weighted by Gasteiger charge is -2.12. The Bertz CT molecular complexity index is 1610. The van der Waals surface area contributed by atoms with E-state index < -0.39 is 5.82 Å². The van der Waals surface area contributed by atoms with Gasteiger partial charge in [0.2, 0.25) is 11.1 Å². The second-order valence-electron chi connectivity index (χ2n) is 7.80. The number of allylic oxidation sites excluding steroid dienone is 1. The first kappa shape index (κ1) is 21.6. The lowest BCUT2D eigenvalue weighted by atomic mass is 10.0. The number of ether oxygens (including phenoxy) is 1. The van der Waals surface area contributed by atoms with Crippen LogP contribution in [0.1, 0.15) is 22.5 Å². The van der Waals surface area contributed by atoms with Crippen LogP contribution in [-0.2, 0) is 0 Å². The largest absolute Gasteiger partial charge is 0.436 e. The Hall–Kier alpha value is -4.28. The zero-order chi connectivity index (χ0) is 23.8. The van der Waals surface area contributed by atoms with Crippen molar-refractivity contribution in [3.63, 3.8) is 0 Å². The highest BCUT2D eigenvalue weighted by molar-refractivity contribution is 6.28. The standard InChI is InChI=1S/C26H17ClFN5O/c1-14-9-21-22(10-15(14)2)32-24(31-21)17(12-29)11-19-18-6-4-3-5-16(18)7-8-23(19)34-25-20(28)13-30-26(27)33-25/h3-11,13H,1-2H3,(H,31,32)/b17-11+. The molecule has 0 amide bonds. The fourth-order valence-electron chi connectivity index (χ4n) is 3.72. The Labute approximate surface area is 199 Å². The zero-order valence-corrected chi connectivity index (χ0v) is 19.0. The highest BCUT2D eigenvalue weighted by Crippen LogP contribution is 2.35. The fourth-order valence-corrected chi connectivity index (χ4v) is 3.84. The number of hydrogen-bond acceptors (Lipinski definition) is 5. The van der Waals surface area contributed by atoms with E-state index in [0.29, 0.717) is 22.7 Å². The van der Waals surface area contributed by atoms with Gasteiger partial charge in [-0.2, -0.15) is 14.6 Å². The minimum absolute atomic E-state index is 0.139. The summed E-state index contributed by atoms with van der Waals surface area (Å²) in [5.41, 5.74) is 4.73. The molecule has 8 heteroatoms. The van der Waals surface area contributed by atoms with E-state index in [0.717, 1.165) is 39.1 Å². The molecule has 0 fully saturated rings. The number of fused-ring (bicyclic) bond motifs is 2. The number of nitriles is 1. The third-order valence-corrected chi connectivity index (χ3v) is 5.76. The average Bonchev–Trinajstić information content (AvgIpc) is 3.23. The second-order valence-corrected chi connectivity index (χ2v) is 8.14. The van der Waals surface area contributed by atoms with Crippen molar-refractivity contribution in [2.75, 3.05) is 0 Å². The van der Waals surface area contributed by atoms with Gasteiger partial charge in [-0.15, -0.1) is 0 Å². The van der Waals surface area contributed by atoms with Gasteiger partial charge in [0.15, 0.2) is 0 Å². The maximum absolute atomic E-state index is 14.3. The first-order valence-corrected chi connectivity index (χ1v) is 10.8. The van der Waals surface area contributed by atoms with E-state index in [4.69, 9.17) is 16.3 Å². The number of nitrogens with zero attached hydrogens (tertiary/aromatic N) is 4. The third-order valence-electron chi connectivity index (χ3n) is 5.58. The minimum Gasteiger partial charge on any atom is -0.436 e. The lowest BCUT2D eigenvalue weighted by Crippen LogP contribution is -1.97. The Kier molecular flexibility index (Phi) is 5.44. The Balaban J connectivity index is 1.69. The summed E-state index contributed by atoms with van der Waals surface area (Å²) in [5.74, 6) is -0.324. The summed E-state index contributed by atoms with van der Waals surface area (Å²) in [6.45, 7) is 4.04. The molecule has 0 radical (unpaired) electrons. The minimum atomic E-state index is -0.754. The molecule has 0 unspecified atom stereocenters. The van der Waals surface area contributed by atoms with Crippen molar-refractivity contribution >= 4 is 45.1 Å². The number of H-pyrrole nitrogens is 1. The van der Waals surface area contributed by atoms with E-state index in [-0.39, 0.29) is 11.2 Å². The molecule has 5 rings (SSSR count). The summed E-state index contributed by atoms with van der Waals surface area (Å²) in [7, 11) is 0. The summed E-state index contributed by atoms with van der Waals surface area (Å²) >= 11 is 5.83. The molecule has 0 aliphatic rings. The molecule has 6 nitrogen and oxygen atoms in total. The zero-order valence-electron chi connectivity index (χ0n) is 18.2. The normalized spacial score (nSPS) is 11.7. The lowest BCUT2D eigenvalue weighted by molar-refractivity contribution is 0.419. The molecule has 2 aromatic heterocycles. The second kappa shape index (κ2) is 8.58. The van der Waals surface area contributed by atoms with Crippen LogP contribution in [0.4, 0.5) is 4.39 Å². The quantitative estimate of drug-likeness (QED) is 0.232. The van der Waals surface area contributed by atoms with Crippen molar-refractivity contribution in [1.82, 2.24) is 19.9 Å². The van der Waals surface area contributed by atoms with Crippen molar-refractivity contribution in [1.29, 1.82) is 5.26 Å². The number of hydrogen-bond donors (Lipinski definition) is 1. The number of imidazole rings is 1. The van der Waals surface area contributed by atoms with Crippen LogP contribution in [0.15, 0.2) is 54.7 Å². The number of aromatic nitrogens is 4. The SMILES string of the molecule is Cc1cc2nc(/C(C#N)=C/c3c(Oc4nc(Cl)ncc4F)ccc4ccccc34)[nH]c2cc1C. The Morgan fingerprint density at radius 1 is 1.12 bits per heavy atom. The molecule has 166 valence electrons. The molecule has 3 aromatic carbocycles. The summed E-state index contributed by atoms with van der Waals surface area (Å²) < 4.78 is 20.1. The number of benzene rings is 3. The van der Waals surface area contributed by atoms with Gasteiger partial charge in [0.25, 0.3) is 5.88 Å². The molecule has 0 atom stereocenters. The van der Waals surface area contributed by atoms with Crippen LogP contribution in [0.2, 0.25) is 5.28 Å². The van der Waals surface area contributed by atoms with E-state index >= 15 is 0 Å². The molecule has 0 saturated heterocycles. The Morgan fingerprint density at radius 3 is 2.74 bits per heavy atom. The molecule has 0 aliphatic carbocycles. The van der Waals surface area contributed by atoms with Crippen molar-refractivity contribution in [3.8, 4) is 17.7 Å². The summed E-state index contributed by atoms with van der Waals surface area (Å²) in [4.78, 5) is 15.3. The molecule has 0 spiro atoms. The summed E-state index contributed by atoms with van der Waals surface area (Å²) in [5, 5.41) is 11.6. The van der Waals surface area contributed by atoms with Gasteiger partial charge in [0.1, 0.15) is 17.6 Å². The molecule has 2 heterocycles. The van der Waals surface area contributed by atoms with E-state index in [2.05, 4.69) is 26.0 Å². The van der Waals surface area contributed by atoms with Gasteiger partial charge in [-0.25, -0.2) is 9.97 Å². The van der Waals surface area contributed by atoms with Gasteiger partial charge in [-0.3, -0.25) is 0 Å². The Morgan fingerprint density at radius 2 is 1.91 bits per heavy atom. The third kappa shape index (κ3) is 3.96. The summed E-state index contributed by atoms with van der Waals surface area (Å²) in [6, 6.07) is 17.4. The highest BCUT2D eigenvalue weighted by atomic mass is 35.5. The van der Waals surface area contributed by atoms with Crippen LogP contribution in [0.3, 0.4) is 0 Å². The first-order chi connectivity index (χ1) is 16.4. The molecule has 34 heavy (non-hydrogen) atoms. The van der Waals surface area contributed by atoms with Gasteiger partial charge in [0, 0.05) is 5.56 Å². The maximum Gasteiger partial charge on any atom is 0.260 e. The van der Waals surface area contributed by atoms with E-state index in [1.807, 2.05) is 56.3 Å². The molecule has 0 bridgehead atoms. The van der Waals surface area contributed by atoms with Gasteiger partial charge in [-0.1, -0.05) is 30.3 Å². The van der Waals surface area contributed by atoms with E-state index in [1.165, 1.54) is 0 Å². The number of nitrogens with one attached hydrogen (secondary N) is 1. The van der Waals surface area contributed by atoms with Gasteiger partial charge >= 0.3 is 0 Å². The monoisotopic (exact) mass is 469 g/mol. The number of aromatic amines is 1. The predicted molar refractivity (Wildman–Crippen MR) is 130 cm³/mol. The fraction of sp³-hybridized carbons (Fsp3) is 0.0769. The van der Waals surface area contributed by atoms with Crippen LogP contribution in [-0.4, -0.2) is 19.9 Å². The van der Waals surface area contributed by atoms with Crippen molar-refractivity contribution in [3.05, 3.63) is 88.3 Å². The number of aryl methyl sites for hydroxylation is 2. The van der Waals surface area contributed by atoms with Gasteiger partial charge < -0.3 is 9.72 Å². The number of halogens is 2. The van der Waals surface area contributed by atoms with Crippen molar-refractivity contribution in [2.45, 2.75) is 13.8 Å². The molecule has 0 aliphatic heterocycles. The van der Waals surface area contributed by atoms with E-state index in [9.17, 15) is 9.65 Å². The van der Waals surface area contributed by atoms with Crippen LogP contribution < -0.4 is 4.74 Å². The van der Waals surface area contributed by atoms with Crippen molar-refractivity contribution in [2.24, 2.45) is 0 Å². The summed E-state index contributed by atoms with van der Waals surface area (Å²) in [6.07, 6.45) is 2.62. The van der Waals surface area contributed by atoms with Crippen LogP contribution in [0, 0.1) is 31.0 Å². The van der Waals surface area contributed by atoms with Crippen molar-refractivity contribution < 1.29 is 9.13 Å². The molecular weight excluding hydrogens is 453 g/mol. The van der Waals surface area contributed by atoms with E-state index in [1.54, 1.807) is 12.1 Å². The van der Waals surface area contributed by atoms with Gasteiger partial charge in [0.05, 0.1) is 22.8 Å². The van der Waals surface area contributed by atoms with Crippen LogP contribution in [0.5, 0.6) is 11.6 Å².